The molecule has 0 aromatic carbocycles. The minimum absolute atomic E-state index is 0.124. The Kier molecular flexibility index (Phi) is 3.47. The Morgan fingerprint density at radius 1 is 1.36 bits per heavy atom. The lowest BCUT2D eigenvalue weighted by Gasteiger charge is -2.59. The number of hydrogen-bond donors (Lipinski definition) is 2. The molecular formula is C21H30O4. The van der Waals surface area contributed by atoms with E-state index in [2.05, 4.69) is 6.92 Å². The highest BCUT2D eigenvalue weighted by atomic mass is 16.3. The van der Waals surface area contributed by atoms with Crippen molar-refractivity contribution in [1.82, 2.24) is 0 Å². The molecule has 0 heterocycles. The molecule has 2 N–H and O–H groups in total. The zero-order valence-electron chi connectivity index (χ0n) is 17.1. The maximum atomic E-state index is 12.3. The molecule has 4 nitrogen and oxygen atoms in total. The summed E-state index contributed by atoms with van der Waals surface area (Å²) in [4.78, 5) is 24.5. The molecule has 0 aromatic rings. The number of aliphatic hydroxyl groups is 2. The monoisotopic (exact) mass is 350 g/mol. The summed E-state index contributed by atoms with van der Waals surface area (Å²) in [5.74, 6) is -0.311. The molecule has 4 rings (SSSR count). The van der Waals surface area contributed by atoms with Crippen LogP contribution in [0.3, 0.4) is 0 Å². The van der Waals surface area contributed by atoms with Gasteiger partial charge in [0.2, 0.25) is 0 Å². The first-order chi connectivity index (χ1) is 12.7. The molecule has 4 aliphatic rings. The molecule has 138 valence electrons. The molecule has 25 heavy (non-hydrogen) atoms. The number of allylic oxidation sites excluding steroid dienone is 1. The van der Waals surface area contributed by atoms with E-state index < -0.39 is 30.9 Å². The number of carbonyl (C=O) groups excluding carboxylic acids is 2. The van der Waals surface area contributed by atoms with Crippen LogP contribution >= 0.6 is 0 Å². The number of fused-ring (bicyclic) bond motifs is 5. The Labute approximate surface area is 152 Å². The van der Waals surface area contributed by atoms with Gasteiger partial charge in [-0.15, -0.1) is 0 Å². The predicted molar refractivity (Wildman–Crippen MR) is 93.7 cm³/mol. The lowest BCUT2D eigenvalue weighted by Crippen LogP contribution is -2.57. The highest BCUT2D eigenvalue weighted by molar-refractivity contribution is 5.91. The third-order valence-electron chi connectivity index (χ3n) is 8.04. The molecule has 0 bridgehead atoms. The molecule has 0 aromatic heterocycles. The highest BCUT2D eigenvalue weighted by Gasteiger charge is 2.62. The molecule has 3 fully saturated rings. The van der Waals surface area contributed by atoms with Crippen molar-refractivity contribution in [3.8, 4) is 0 Å². The van der Waals surface area contributed by atoms with Crippen LogP contribution in [0.1, 0.15) is 61.5 Å². The molecule has 0 radical (unpaired) electrons. The second kappa shape index (κ2) is 5.75. The van der Waals surface area contributed by atoms with Crippen molar-refractivity contribution >= 4 is 11.6 Å². The van der Waals surface area contributed by atoms with Crippen LogP contribution in [0.15, 0.2) is 11.6 Å². The molecule has 0 saturated heterocycles. The molecule has 9 atom stereocenters. The van der Waals surface area contributed by atoms with Crippen LogP contribution in [-0.2, 0) is 9.59 Å². The summed E-state index contributed by atoms with van der Waals surface area (Å²) in [5, 5.41) is 20.6. The van der Waals surface area contributed by atoms with Crippen molar-refractivity contribution in [1.29, 1.82) is 0 Å². The largest absolute Gasteiger partial charge is 0.393 e. The van der Waals surface area contributed by atoms with Crippen molar-refractivity contribution in [3.05, 3.63) is 11.6 Å². The summed E-state index contributed by atoms with van der Waals surface area (Å²) in [6.45, 7) is 3.61. The first-order valence-corrected chi connectivity index (χ1v) is 9.57. The maximum Gasteiger partial charge on any atom is 0.161 e. The zero-order valence-corrected chi connectivity index (χ0v) is 15.1. The van der Waals surface area contributed by atoms with Gasteiger partial charge in [-0.3, -0.25) is 9.59 Å². The highest BCUT2D eigenvalue weighted by Crippen LogP contribution is 2.66. The Balaban J connectivity index is 1.74. The van der Waals surface area contributed by atoms with Gasteiger partial charge in [0.25, 0.3) is 0 Å². The molecule has 3 saturated carbocycles. The summed E-state index contributed by atoms with van der Waals surface area (Å²) >= 11 is 0. The topological polar surface area (TPSA) is 74.6 Å². The maximum absolute atomic E-state index is 12.3. The Hall–Kier alpha value is -1.00. The second-order valence-electron chi connectivity index (χ2n) is 9.05. The summed E-state index contributed by atoms with van der Waals surface area (Å²) in [6.07, 6.45) is 2.67. The SMILES string of the molecule is [3H]C1C(=O)C=C2CC[C@@H]3[C@H]([C@@H](O)C[C@]4(C)[C@@H](C(=O)CO)CC[C@@H]34)[C@@]2(C)C1[3H]. The van der Waals surface area contributed by atoms with Gasteiger partial charge in [-0.25, -0.2) is 0 Å². The zero-order chi connectivity index (χ0) is 19.7. The van der Waals surface area contributed by atoms with E-state index in [1.807, 2.05) is 6.92 Å². The molecule has 0 aliphatic heterocycles. The van der Waals surface area contributed by atoms with Gasteiger partial charge in [0.05, 0.1) is 6.10 Å². The predicted octanol–water partition coefficient (Wildman–Crippen LogP) is 2.67. The van der Waals surface area contributed by atoms with Crippen molar-refractivity contribution in [3.63, 3.8) is 0 Å². The van der Waals surface area contributed by atoms with Crippen molar-refractivity contribution in [2.75, 3.05) is 6.61 Å². The average molecular weight is 350 g/mol. The van der Waals surface area contributed by atoms with Crippen LogP contribution < -0.4 is 0 Å². The molecule has 4 heteroatoms. The Bertz CT molecular complexity index is 706. The van der Waals surface area contributed by atoms with Gasteiger partial charge in [0, 0.05) is 15.1 Å². The summed E-state index contributed by atoms with van der Waals surface area (Å²) in [6, 6.07) is 0. The van der Waals surface area contributed by atoms with Gasteiger partial charge in [0.15, 0.2) is 11.6 Å². The van der Waals surface area contributed by atoms with Gasteiger partial charge in [-0.2, -0.15) is 0 Å². The second-order valence-corrected chi connectivity index (χ2v) is 9.05. The van der Waals surface area contributed by atoms with Crippen LogP contribution in [-0.4, -0.2) is 34.5 Å². The third-order valence-corrected chi connectivity index (χ3v) is 8.04. The van der Waals surface area contributed by atoms with Crippen LogP contribution in [0.2, 0.25) is 0 Å². The van der Waals surface area contributed by atoms with E-state index in [1.54, 1.807) is 6.08 Å². The molecule has 0 spiro atoms. The number of ketones is 2. The first kappa shape index (κ1) is 15.1. The van der Waals surface area contributed by atoms with E-state index in [0.717, 1.165) is 31.3 Å². The molecule has 4 aliphatic carbocycles. The van der Waals surface area contributed by atoms with Gasteiger partial charge < -0.3 is 10.2 Å². The van der Waals surface area contributed by atoms with Gasteiger partial charge in [-0.05, 0) is 73.2 Å². The van der Waals surface area contributed by atoms with Crippen LogP contribution in [0.4, 0.5) is 0 Å². The summed E-state index contributed by atoms with van der Waals surface area (Å²) < 4.78 is 16.8. The number of hydrogen-bond acceptors (Lipinski definition) is 4. The quantitative estimate of drug-likeness (QED) is 0.803. The Morgan fingerprint density at radius 3 is 2.84 bits per heavy atom. The summed E-state index contributed by atoms with van der Waals surface area (Å²) in [7, 11) is 0. The lowest BCUT2D eigenvalue weighted by atomic mass is 9.46. The van der Waals surface area contributed by atoms with Crippen LogP contribution in [0, 0.1) is 34.5 Å². The number of Topliss-reactive ketones (excluding diaryl/α,β-unsaturated/α-hetero) is 1. The van der Waals surface area contributed by atoms with Gasteiger partial charge in [0.1, 0.15) is 6.61 Å². The number of rotatable bonds is 2. The summed E-state index contributed by atoms with van der Waals surface area (Å²) in [5.41, 5.74) is -0.0513. The van der Waals surface area contributed by atoms with Crippen LogP contribution in [0.25, 0.3) is 0 Å². The van der Waals surface area contributed by atoms with E-state index in [4.69, 9.17) is 2.74 Å². The Morgan fingerprint density at radius 2 is 2.12 bits per heavy atom. The fourth-order valence-electron chi connectivity index (χ4n) is 6.96. The smallest absolute Gasteiger partial charge is 0.161 e. The third kappa shape index (κ3) is 2.33. The average Bonchev–Trinajstić information content (AvgIpc) is 2.97. The van der Waals surface area contributed by atoms with E-state index in [0.29, 0.717) is 6.42 Å². The van der Waals surface area contributed by atoms with Gasteiger partial charge >= 0.3 is 0 Å². The molecule has 0 amide bonds. The minimum Gasteiger partial charge on any atom is -0.393 e. The van der Waals surface area contributed by atoms with Crippen LogP contribution in [0.5, 0.6) is 0 Å². The van der Waals surface area contributed by atoms with Gasteiger partial charge in [-0.1, -0.05) is 19.4 Å². The van der Waals surface area contributed by atoms with E-state index >= 15 is 0 Å². The number of carbonyl (C=O) groups is 2. The fraction of sp³-hybridized carbons (Fsp3) is 0.810. The first-order valence-electron chi connectivity index (χ1n) is 10.7. The van der Waals surface area contributed by atoms with Crippen molar-refractivity contribution in [2.24, 2.45) is 34.5 Å². The molecule has 2 unspecified atom stereocenters. The standard InChI is InChI=1S/C21H30O4/c1-20-8-7-13(23)9-12(20)3-4-14-15-5-6-16(18(25)11-22)21(15,2)10-17(24)19(14)20/h9,14-17,19,22,24H,3-8,10-11H2,1-2H3/t14-,15-,16+,17-,19+,20-,21-/m0/s1/i7T,8T/t7?,8?,14-,15-,16+,17-,19+,20-,21-. The lowest BCUT2D eigenvalue weighted by molar-refractivity contribution is -0.146. The van der Waals surface area contributed by atoms with E-state index in [-0.39, 0.29) is 40.7 Å². The fourth-order valence-corrected chi connectivity index (χ4v) is 6.96. The number of aliphatic hydroxyl groups excluding tert-OH is 2. The van der Waals surface area contributed by atoms with E-state index in [1.165, 1.54) is 0 Å². The van der Waals surface area contributed by atoms with Crippen molar-refractivity contribution in [2.45, 2.75) is 64.8 Å². The van der Waals surface area contributed by atoms with Crippen molar-refractivity contribution < 1.29 is 22.5 Å². The van der Waals surface area contributed by atoms with E-state index in [9.17, 15) is 19.8 Å². The minimum atomic E-state index is -1.09. The normalized spacial score (nSPS) is 56.1. The molecular weight excluding hydrogens is 316 g/mol.